The molecule has 0 aromatic carbocycles. The second kappa shape index (κ2) is 6.09. The standard InChI is InChI=1S/C10H19N3S/c1-3-14-5-4-13-7-10(12-8-13)6-9(2)11/h7-9H,3-6,11H2,1-2H3. The van der Waals surface area contributed by atoms with Gasteiger partial charge < -0.3 is 10.3 Å². The summed E-state index contributed by atoms with van der Waals surface area (Å²) in [6.45, 7) is 5.23. The SMILES string of the molecule is CCSCCn1cnc(CC(C)N)c1. The normalized spacial score (nSPS) is 13.1. The molecule has 80 valence electrons. The van der Waals surface area contributed by atoms with Crippen LogP contribution in [0.25, 0.3) is 0 Å². The molecule has 1 unspecified atom stereocenters. The van der Waals surface area contributed by atoms with Gasteiger partial charge in [-0.05, 0) is 12.7 Å². The van der Waals surface area contributed by atoms with Gasteiger partial charge >= 0.3 is 0 Å². The summed E-state index contributed by atoms with van der Waals surface area (Å²) in [5.74, 6) is 2.34. The van der Waals surface area contributed by atoms with Crippen molar-refractivity contribution in [3.63, 3.8) is 0 Å². The number of thioether (sulfide) groups is 1. The molecular formula is C10H19N3S. The molecule has 2 N–H and O–H groups in total. The lowest BCUT2D eigenvalue weighted by Crippen LogP contribution is -2.17. The number of aryl methyl sites for hydroxylation is 1. The molecule has 0 aliphatic heterocycles. The van der Waals surface area contributed by atoms with E-state index in [0.717, 1.165) is 24.4 Å². The third-order valence-electron chi connectivity index (χ3n) is 1.92. The highest BCUT2D eigenvalue weighted by Gasteiger charge is 2.01. The van der Waals surface area contributed by atoms with Crippen LogP contribution in [0.1, 0.15) is 19.5 Å². The van der Waals surface area contributed by atoms with Crippen LogP contribution < -0.4 is 5.73 Å². The predicted molar refractivity (Wildman–Crippen MR) is 62.6 cm³/mol. The molecule has 1 aromatic rings. The van der Waals surface area contributed by atoms with Crippen molar-refractivity contribution in [3.8, 4) is 0 Å². The minimum Gasteiger partial charge on any atom is -0.336 e. The largest absolute Gasteiger partial charge is 0.336 e. The second-order valence-electron chi connectivity index (χ2n) is 3.48. The lowest BCUT2D eigenvalue weighted by molar-refractivity contribution is 0.722. The lowest BCUT2D eigenvalue weighted by atomic mass is 10.2. The Morgan fingerprint density at radius 1 is 1.64 bits per heavy atom. The van der Waals surface area contributed by atoms with E-state index in [0.29, 0.717) is 0 Å². The van der Waals surface area contributed by atoms with Gasteiger partial charge in [0, 0.05) is 31.0 Å². The van der Waals surface area contributed by atoms with E-state index in [9.17, 15) is 0 Å². The molecule has 0 fully saturated rings. The Morgan fingerprint density at radius 3 is 3.07 bits per heavy atom. The maximum atomic E-state index is 5.70. The summed E-state index contributed by atoms with van der Waals surface area (Å²) in [7, 11) is 0. The zero-order valence-electron chi connectivity index (χ0n) is 8.94. The van der Waals surface area contributed by atoms with Crippen LogP contribution in [0.5, 0.6) is 0 Å². The summed E-state index contributed by atoms with van der Waals surface area (Å²) >= 11 is 1.95. The van der Waals surface area contributed by atoms with Crippen molar-refractivity contribution in [3.05, 3.63) is 18.2 Å². The Kier molecular flexibility index (Phi) is 5.04. The molecule has 4 heteroatoms. The monoisotopic (exact) mass is 213 g/mol. The maximum Gasteiger partial charge on any atom is 0.0949 e. The van der Waals surface area contributed by atoms with Crippen molar-refractivity contribution >= 4 is 11.8 Å². The third kappa shape index (κ3) is 4.15. The minimum atomic E-state index is 0.198. The van der Waals surface area contributed by atoms with Gasteiger partial charge in [0.05, 0.1) is 12.0 Å². The molecule has 0 aliphatic carbocycles. The summed E-state index contributed by atoms with van der Waals surface area (Å²) in [6, 6.07) is 0.198. The highest BCUT2D eigenvalue weighted by molar-refractivity contribution is 7.99. The fourth-order valence-corrected chi connectivity index (χ4v) is 1.91. The number of hydrogen-bond donors (Lipinski definition) is 1. The first-order valence-electron chi connectivity index (χ1n) is 5.06. The molecule has 0 amide bonds. The number of imidazole rings is 1. The van der Waals surface area contributed by atoms with Crippen LogP contribution in [0, 0.1) is 0 Å². The molecule has 1 atom stereocenters. The smallest absolute Gasteiger partial charge is 0.0949 e. The Morgan fingerprint density at radius 2 is 2.43 bits per heavy atom. The van der Waals surface area contributed by atoms with Crippen molar-refractivity contribution in [1.82, 2.24) is 9.55 Å². The number of nitrogens with zero attached hydrogens (tertiary/aromatic N) is 2. The van der Waals surface area contributed by atoms with Crippen LogP contribution in [0.3, 0.4) is 0 Å². The first-order valence-corrected chi connectivity index (χ1v) is 6.21. The molecule has 1 rings (SSSR count). The molecule has 14 heavy (non-hydrogen) atoms. The van der Waals surface area contributed by atoms with E-state index in [2.05, 4.69) is 22.7 Å². The lowest BCUT2D eigenvalue weighted by Gasteiger charge is -2.01. The molecule has 0 spiro atoms. The summed E-state index contributed by atoms with van der Waals surface area (Å²) in [4.78, 5) is 4.31. The van der Waals surface area contributed by atoms with Crippen molar-refractivity contribution in [2.24, 2.45) is 5.73 Å². The van der Waals surface area contributed by atoms with Crippen LogP contribution >= 0.6 is 11.8 Å². The van der Waals surface area contributed by atoms with E-state index in [-0.39, 0.29) is 6.04 Å². The van der Waals surface area contributed by atoms with Crippen LogP contribution in [0.4, 0.5) is 0 Å². The highest BCUT2D eigenvalue weighted by Crippen LogP contribution is 2.03. The van der Waals surface area contributed by atoms with E-state index >= 15 is 0 Å². The van der Waals surface area contributed by atoms with E-state index in [4.69, 9.17) is 5.73 Å². The first-order chi connectivity index (χ1) is 6.72. The molecule has 1 heterocycles. The molecule has 0 radical (unpaired) electrons. The number of aromatic nitrogens is 2. The molecule has 3 nitrogen and oxygen atoms in total. The van der Waals surface area contributed by atoms with Crippen molar-refractivity contribution < 1.29 is 0 Å². The Labute approximate surface area is 90.1 Å². The zero-order valence-corrected chi connectivity index (χ0v) is 9.76. The Bertz CT molecular complexity index is 258. The van der Waals surface area contributed by atoms with Gasteiger partial charge in [0.1, 0.15) is 0 Å². The van der Waals surface area contributed by atoms with Gasteiger partial charge in [0.15, 0.2) is 0 Å². The summed E-state index contributed by atoms with van der Waals surface area (Å²) < 4.78 is 2.14. The van der Waals surface area contributed by atoms with Crippen molar-refractivity contribution in [1.29, 1.82) is 0 Å². The molecule has 1 aromatic heterocycles. The minimum absolute atomic E-state index is 0.198. The van der Waals surface area contributed by atoms with E-state index in [1.54, 1.807) is 0 Å². The number of rotatable bonds is 6. The zero-order chi connectivity index (χ0) is 10.4. The average molecular weight is 213 g/mol. The van der Waals surface area contributed by atoms with Crippen molar-refractivity contribution in [2.45, 2.75) is 32.9 Å². The van der Waals surface area contributed by atoms with Gasteiger partial charge in [0.25, 0.3) is 0 Å². The fourth-order valence-electron chi connectivity index (χ4n) is 1.28. The van der Waals surface area contributed by atoms with Gasteiger partial charge in [-0.2, -0.15) is 11.8 Å². The molecular weight excluding hydrogens is 194 g/mol. The average Bonchev–Trinajstić information content (AvgIpc) is 2.52. The van der Waals surface area contributed by atoms with Gasteiger partial charge in [-0.15, -0.1) is 0 Å². The molecule has 0 aliphatic rings. The Balaban J connectivity index is 2.35. The first kappa shape index (κ1) is 11.6. The summed E-state index contributed by atoms with van der Waals surface area (Å²) in [6.07, 6.45) is 4.86. The van der Waals surface area contributed by atoms with Gasteiger partial charge in [-0.25, -0.2) is 4.98 Å². The highest BCUT2D eigenvalue weighted by atomic mass is 32.2. The number of hydrogen-bond acceptors (Lipinski definition) is 3. The molecule has 0 saturated heterocycles. The van der Waals surface area contributed by atoms with Crippen LogP contribution in [-0.4, -0.2) is 27.1 Å². The van der Waals surface area contributed by atoms with E-state index < -0.39 is 0 Å². The third-order valence-corrected chi connectivity index (χ3v) is 2.80. The van der Waals surface area contributed by atoms with Gasteiger partial charge in [-0.1, -0.05) is 6.92 Å². The molecule has 0 saturated carbocycles. The quantitative estimate of drug-likeness (QED) is 0.729. The predicted octanol–water partition coefficient (Wildman–Crippen LogP) is 1.53. The van der Waals surface area contributed by atoms with Gasteiger partial charge in [-0.3, -0.25) is 0 Å². The van der Waals surface area contributed by atoms with Crippen molar-refractivity contribution in [2.75, 3.05) is 11.5 Å². The topological polar surface area (TPSA) is 43.8 Å². The number of nitrogens with two attached hydrogens (primary N) is 1. The molecule has 0 bridgehead atoms. The van der Waals surface area contributed by atoms with E-state index in [1.807, 2.05) is 25.0 Å². The summed E-state index contributed by atoms with van der Waals surface area (Å²) in [5.41, 5.74) is 6.80. The van der Waals surface area contributed by atoms with E-state index in [1.165, 1.54) is 5.75 Å². The second-order valence-corrected chi connectivity index (χ2v) is 4.88. The Hall–Kier alpha value is -0.480. The maximum absolute atomic E-state index is 5.70. The van der Waals surface area contributed by atoms with Crippen LogP contribution in [-0.2, 0) is 13.0 Å². The fraction of sp³-hybridized carbons (Fsp3) is 0.700. The van der Waals surface area contributed by atoms with Crippen LogP contribution in [0.15, 0.2) is 12.5 Å². The van der Waals surface area contributed by atoms with Gasteiger partial charge in [0.2, 0.25) is 0 Å². The summed E-state index contributed by atoms with van der Waals surface area (Å²) in [5, 5.41) is 0. The van der Waals surface area contributed by atoms with Crippen LogP contribution in [0.2, 0.25) is 0 Å².